The number of hydrogen-bond donors (Lipinski definition) is 1. The van der Waals surface area contributed by atoms with E-state index in [4.69, 9.17) is 21.7 Å². The third-order valence-corrected chi connectivity index (χ3v) is 5.81. The van der Waals surface area contributed by atoms with E-state index in [2.05, 4.69) is 11.4 Å². The zero-order valence-electron chi connectivity index (χ0n) is 16.1. The Morgan fingerprint density at radius 3 is 2.82 bits per heavy atom. The van der Waals surface area contributed by atoms with Crippen LogP contribution >= 0.6 is 12.2 Å². The summed E-state index contributed by atoms with van der Waals surface area (Å²) in [6.45, 7) is 2.55. The second kappa shape index (κ2) is 8.82. The van der Waals surface area contributed by atoms with Crippen LogP contribution in [0.4, 0.5) is 0 Å². The zero-order chi connectivity index (χ0) is 19.3. The van der Waals surface area contributed by atoms with Crippen molar-refractivity contribution in [3.63, 3.8) is 0 Å². The van der Waals surface area contributed by atoms with E-state index >= 15 is 0 Å². The number of nitrogens with zero attached hydrogens (tertiary/aromatic N) is 2. The number of hydrazine groups is 1. The third-order valence-electron chi connectivity index (χ3n) is 5.45. The van der Waals surface area contributed by atoms with Crippen molar-refractivity contribution in [3.05, 3.63) is 35.4 Å². The van der Waals surface area contributed by atoms with Crippen molar-refractivity contribution >= 4 is 23.2 Å². The molecule has 0 bridgehead atoms. The van der Waals surface area contributed by atoms with Gasteiger partial charge in [0, 0.05) is 19.6 Å². The molecule has 0 spiro atoms. The first-order valence-electron chi connectivity index (χ1n) is 10.1. The van der Waals surface area contributed by atoms with E-state index in [9.17, 15) is 4.79 Å². The minimum absolute atomic E-state index is 0.0514. The number of hydrogen-bond acceptors (Lipinski definition) is 4. The van der Waals surface area contributed by atoms with Crippen LogP contribution in [0.25, 0.3) is 0 Å². The number of amides is 1. The number of thiocarbonyl (C=S) groups is 1. The highest BCUT2D eigenvalue weighted by Crippen LogP contribution is 2.32. The normalized spacial score (nSPS) is 18.2. The summed E-state index contributed by atoms with van der Waals surface area (Å²) in [5.74, 6) is 1.49. The molecule has 0 unspecified atom stereocenters. The monoisotopic (exact) mass is 401 g/mol. The number of nitrogens with one attached hydrogen (secondary N) is 1. The van der Waals surface area contributed by atoms with Crippen molar-refractivity contribution in [2.24, 2.45) is 0 Å². The molecule has 28 heavy (non-hydrogen) atoms. The molecule has 1 N–H and O–H groups in total. The van der Waals surface area contributed by atoms with Crippen LogP contribution in [0.5, 0.6) is 11.5 Å². The predicted octanol–water partition coefficient (Wildman–Crippen LogP) is 3.17. The van der Waals surface area contributed by atoms with E-state index in [1.807, 2.05) is 23.2 Å². The molecule has 0 radical (unpaired) electrons. The van der Waals surface area contributed by atoms with Gasteiger partial charge >= 0.3 is 0 Å². The van der Waals surface area contributed by atoms with Gasteiger partial charge in [-0.3, -0.25) is 14.8 Å². The highest BCUT2D eigenvalue weighted by molar-refractivity contribution is 7.80. The molecule has 2 heterocycles. The first kappa shape index (κ1) is 19.1. The van der Waals surface area contributed by atoms with E-state index in [-0.39, 0.29) is 12.7 Å². The maximum absolute atomic E-state index is 12.9. The number of carbonyl (C=O) groups excluding carboxylic acids is 1. The van der Waals surface area contributed by atoms with Crippen LogP contribution in [0, 0.1) is 0 Å². The molecule has 150 valence electrons. The summed E-state index contributed by atoms with van der Waals surface area (Å²) in [4.78, 5) is 12.9. The fraction of sp³-hybridized carbons (Fsp3) is 0.524. The summed E-state index contributed by atoms with van der Waals surface area (Å²) in [6.07, 6.45) is 9.66. The molecule has 1 saturated heterocycles. The Bertz CT molecular complexity index is 780. The van der Waals surface area contributed by atoms with Crippen molar-refractivity contribution < 1.29 is 14.3 Å². The summed E-state index contributed by atoms with van der Waals surface area (Å²) < 4.78 is 10.7. The number of allylic oxidation sites excluding steroid dienone is 1. The van der Waals surface area contributed by atoms with Crippen LogP contribution < -0.4 is 14.8 Å². The number of rotatable bonds is 5. The largest absolute Gasteiger partial charge is 0.454 e. The van der Waals surface area contributed by atoms with Gasteiger partial charge in [0.2, 0.25) is 12.7 Å². The van der Waals surface area contributed by atoms with Gasteiger partial charge in [-0.1, -0.05) is 17.7 Å². The average molecular weight is 402 g/mol. The highest BCUT2D eigenvalue weighted by atomic mass is 32.1. The molecule has 1 fully saturated rings. The van der Waals surface area contributed by atoms with Crippen LogP contribution in [-0.2, 0) is 11.2 Å². The molecule has 1 aliphatic carbocycles. The quantitative estimate of drug-likeness (QED) is 0.604. The lowest BCUT2D eigenvalue weighted by atomic mass is 9.97. The van der Waals surface area contributed by atoms with E-state index in [1.54, 1.807) is 5.01 Å². The van der Waals surface area contributed by atoms with Crippen LogP contribution in [0.1, 0.15) is 44.1 Å². The van der Waals surface area contributed by atoms with Gasteiger partial charge in [0.05, 0.1) is 6.42 Å². The smallest absolute Gasteiger partial charge is 0.245 e. The van der Waals surface area contributed by atoms with Gasteiger partial charge < -0.3 is 14.8 Å². The second-order valence-electron chi connectivity index (χ2n) is 7.45. The predicted molar refractivity (Wildman–Crippen MR) is 111 cm³/mol. The Labute approximate surface area is 171 Å². The summed E-state index contributed by atoms with van der Waals surface area (Å²) in [5.41, 5.74) is 2.45. The van der Waals surface area contributed by atoms with Crippen molar-refractivity contribution in [1.82, 2.24) is 15.3 Å². The fourth-order valence-electron chi connectivity index (χ4n) is 3.95. The number of benzene rings is 1. The molecule has 1 aromatic carbocycles. The van der Waals surface area contributed by atoms with Gasteiger partial charge in [-0.25, -0.2) is 0 Å². The van der Waals surface area contributed by atoms with Gasteiger partial charge in [-0.05, 0) is 68.4 Å². The lowest BCUT2D eigenvalue weighted by Gasteiger charge is -2.30. The lowest BCUT2D eigenvalue weighted by molar-refractivity contribution is -0.138. The fourth-order valence-corrected chi connectivity index (χ4v) is 4.24. The Kier molecular flexibility index (Phi) is 6.00. The van der Waals surface area contributed by atoms with Gasteiger partial charge in [-0.2, -0.15) is 0 Å². The van der Waals surface area contributed by atoms with Crippen molar-refractivity contribution in [2.75, 3.05) is 26.4 Å². The SMILES string of the molecule is O=C(Cc1ccc2c(c1)OCO2)N1CCCN1C(=S)NCCC1=CCCCC1. The zero-order valence-corrected chi connectivity index (χ0v) is 16.9. The molecule has 0 atom stereocenters. The molecule has 3 aliphatic rings. The van der Waals surface area contributed by atoms with E-state index in [0.29, 0.717) is 23.8 Å². The summed E-state index contributed by atoms with van der Waals surface area (Å²) in [7, 11) is 0. The van der Waals surface area contributed by atoms with Crippen LogP contribution in [0.3, 0.4) is 0 Å². The van der Waals surface area contributed by atoms with Gasteiger partial charge in [-0.15, -0.1) is 0 Å². The Morgan fingerprint density at radius 1 is 1.11 bits per heavy atom. The molecule has 6 nitrogen and oxygen atoms in total. The van der Waals surface area contributed by atoms with E-state index < -0.39 is 0 Å². The van der Waals surface area contributed by atoms with E-state index in [0.717, 1.165) is 37.2 Å². The Hall–Kier alpha value is -2.28. The van der Waals surface area contributed by atoms with Gasteiger partial charge in [0.15, 0.2) is 16.6 Å². The lowest BCUT2D eigenvalue weighted by Crippen LogP contribution is -2.49. The maximum atomic E-state index is 12.9. The number of fused-ring (bicyclic) bond motifs is 1. The molecule has 0 saturated carbocycles. The second-order valence-corrected chi connectivity index (χ2v) is 7.83. The molecule has 0 aromatic heterocycles. The van der Waals surface area contributed by atoms with Crippen LogP contribution in [0.2, 0.25) is 0 Å². The molecule has 1 amide bonds. The summed E-state index contributed by atoms with van der Waals surface area (Å²) in [6, 6.07) is 5.66. The summed E-state index contributed by atoms with van der Waals surface area (Å²) >= 11 is 5.57. The molecule has 4 rings (SSSR count). The van der Waals surface area contributed by atoms with Crippen molar-refractivity contribution in [2.45, 2.75) is 44.9 Å². The van der Waals surface area contributed by atoms with Crippen LogP contribution in [0.15, 0.2) is 29.8 Å². The minimum Gasteiger partial charge on any atom is -0.454 e. The van der Waals surface area contributed by atoms with Crippen LogP contribution in [-0.4, -0.2) is 47.5 Å². The maximum Gasteiger partial charge on any atom is 0.245 e. The standard InChI is InChI=1S/C21H27N3O3S/c25-20(14-17-7-8-18-19(13-17)27-15-26-18)23-11-4-12-24(23)21(28)22-10-9-16-5-2-1-3-6-16/h5,7-8,13H,1-4,6,9-12,14-15H2,(H,22,28). The van der Waals surface area contributed by atoms with Crippen molar-refractivity contribution in [3.8, 4) is 11.5 Å². The molecule has 1 aromatic rings. The van der Waals surface area contributed by atoms with Gasteiger partial charge in [0.25, 0.3) is 0 Å². The van der Waals surface area contributed by atoms with Gasteiger partial charge in [0.1, 0.15) is 0 Å². The Morgan fingerprint density at radius 2 is 1.96 bits per heavy atom. The van der Waals surface area contributed by atoms with Crippen molar-refractivity contribution in [1.29, 1.82) is 0 Å². The minimum atomic E-state index is 0.0514. The molecular formula is C21H27N3O3S. The number of carbonyl (C=O) groups is 1. The van der Waals surface area contributed by atoms with E-state index in [1.165, 1.54) is 31.3 Å². The highest BCUT2D eigenvalue weighted by Gasteiger charge is 2.29. The molecule has 2 aliphatic heterocycles. The third kappa shape index (κ3) is 4.41. The summed E-state index contributed by atoms with van der Waals surface area (Å²) in [5, 5.41) is 7.68. The Balaban J connectivity index is 1.30. The molecule has 7 heteroatoms. The first-order chi connectivity index (χ1) is 13.7. The first-order valence-corrected chi connectivity index (χ1v) is 10.5. The molecular weight excluding hydrogens is 374 g/mol. The topological polar surface area (TPSA) is 54.0 Å². The average Bonchev–Trinajstić information content (AvgIpc) is 3.38. The number of ether oxygens (including phenoxy) is 2.